The number of aliphatic carboxylic acids is 1. The zero-order valence-corrected chi connectivity index (χ0v) is 15.7. The lowest BCUT2D eigenvalue weighted by Crippen LogP contribution is -2.50. The Kier molecular flexibility index (Phi) is 7.89. The minimum atomic E-state index is -0.988. The number of benzene rings is 1. The quantitative estimate of drug-likeness (QED) is 0.684. The van der Waals surface area contributed by atoms with Crippen LogP contribution in [0.2, 0.25) is 0 Å². The molecule has 0 aliphatic heterocycles. The molecule has 0 heterocycles. The number of carboxylic acid groups (broad SMARTS) is 1. The molecular formula is C18H26N2O6. The van der Waals surface area contributed by atoms with E-state index in [2.05, 4.69) is 5.32 Å². The molecule has 2 amide bonds. The van der Waals surface area contributed by atoms with Crippen molar-refractivity contribution in [3.63, 3.8) is 0 Å². The van der Waals surface area contributed by atoms with Gasteiger partial charge in [-0.25, -0.2) is 0 Å². The number of ether oxygens (including phenoxy) is 2. The first kappa shape index (κ1) is 21.3. The Morgan fingerprint density at radius 1 is 1.12 bits per heavy atom. The van der Waals surface area contributed by atoms with E-state index in [1.807, 2.05) is 0 Å². The van der Waals surface area contributed by atoms with Gasteiger partial charge in [-0.05, 0) is 18.1 Å². The lowest BCUT2D eigenvalue weighted by molar-refractivity contribution is -0.138. The molecule has 1 unspecified atom stereocenters. The van der Waals surface area contributed by atoms with Crippen LogP contribution in [0, 0.1) is 5.92 Å². The van der Waals surface area contributed by atoms with Crippen molar-refractivity contribution in [3.05, 3.63) is 23.8 Å². The van der Waals surface area contributed by atoms with Crippen LogP contribution in [-0.2, 0) is 9.59 Å². The van der Waals surface area contributed by atoms with E-state index in [0.717, 1.165) is 0 Å². The predicted molar refractivity (Wildman–Crippen MR) is 95.5 cm³/mol. The van der Waals surface area contributed by atoms with Gasteiger partial charge >= 0.3 is 5.97 Å². The van der Waals surface area contributed by atoms with Crippen LogP contribution < -0.4 is 14.8 Å². The maximum atomic E-state index is 12.6. The summed E-state index contributed by atoms with van der Waals surface area (Å²) in [7, 11) is 4.48. The molecule has 1 rings (SSSR count). The molecule has 2 N–H and O–H groups in total. The van der Waals surface area contributed by atoms with Crippen molar-refractivity contribution in [2.45, 2.75) is 26.3 Å². The Labute approximate surface area is 153 Å². The fraction of sp³-hybridized carbons (Fsp3) is 0.500. The monoisotopic (exact) mass is 366 g/mol. The summed E-state index contributed by atoms with van der Waals surface area (Å²) >= 11 is 0. The first-order valence-electron chi connectivity index (χ1n) is 8.20. The van der Waals surface area contributed by atoms with E-state index in [0.29, 0.717) is 17.1 Å². The first-order chi connectivity index (χ1) is 12.2. The first-order valence-corrected chi connectivity index (χ1v) is 8.20. The molecule has 0 fully saturated rings. The second-order valence-electron chi connectivity index (χ2n) is 6.20. The number of nitrogens with zero attached hydrogens (tertiary/aromatic N) is 1. The SMILES string of the molecule is COc1cc(OC)cc(C(=O)NC(C(=O)N(C)CCC(=O)O)C(C)C)c1. The minimum Gasteiger partial charge on any atom is -0.497 e. The largest absolute Gasteiger partial charge is 0.497 e. The van der Waals surface area contributed by atoms with Gasteiger partial charge in [-0.1, -0.05) is 13.8 Å². The fourth-order valence-corrected chi connectivity index (χ4v) is 2.29. The van der Waals surface area contributed by atoms with Gasteiger partial charge < -0.3 is 24.8 Å². The number of hydrogen-bond acceptors (Lipinski definition) is 5. The number of carboxylic acids is 1. The van der Waals surface area contributed by atoms with Crippen LogP contribution in [0.1, 0.15) is 30.6 Å². The van der Waals surface area contributed by atoms with Crippen LogP contribution in [0.5, 0.6) is 11.5 Å². The molecule has 0 aromatic heterocycles. The van der Waals surface area contributed by atoms with Crippen LogP contribution in [0.25, 0.3) is 0 Å². The van der Waals surface area contributed by atoms with Gasteiger partial charge in [-0.2, -0.15) is 0 Å². The molecule has 8 heteroatoms. The smallest absolute Gasteiger partial charge is 0.305 e. The summed E-state index contributed by atoms with van der Waals surface area (Å²) in [6.07, 6.45) is -0.159. The molecule has 0 aliphatic carbocycles. The maximum Gasteiger partial charge on any atom is 0.305 e. The molecule has 0 saturated heterocycles. The van der Waals surface area contributed by atoms with Gasteiger partial charge in [0.1, 0.15) is 17.5 Å². The molecule has 0 saturated carbocycles. The van der Waals surface area contributed by atoms with Crippen molar-refractivity contribution < 1.29 is 29.0 Å². The van der Waals surface area contributed by atoms with Crippen LogP contribution in [-0.4, -0.2) is 61.6 Å². The summed E-state index contributed by atoms with van der Waals surface area (Å²) in [6, 6.07) is 3.96. The van der Waals surface area contributed by atoms with Crippen LogP contribution >= 0.6 is 0 Å². The summed E-state index contributed by atoms with van der Waals surface area (Å²) in [6.45, 7) is 3.68. The van der Waals surface area contributed by atoms with E-state index < -0.39 is 17.9 Å². The second kappa shape index (κ2) is 9.65. The van der Waals surface area contributed by atoms with Gasteiger partial charge in [0.2, 0.25) is 5.91 Å². The molecule has 1 aromatic rings. The van der Waals surface area contributed by atoms with Crippen LogP contribution in [0.3, 0.4) is 0 Å². The lowest BCUT2D eigenvalue weighted by atomic mass is 10.0. The summed E-state index contributed by atoms with van der Waals surface area (Å²) in [5.41, 5.74) is 0.299. The molecule has 144 valence electrons. The number of hydrogen-bond donors (Lipinski definition) is 2. The molecule has 0 bridgehead atoms. The highest BCUT2D eigenvalue weighted by Crippen LogP contribution is 2.22. The Hall–Kier alpha value is -2.77. The summed E-state index contributed by atoms with van der Waals surface area (Å²) in [5, 5.41) is 11.5. The molecule has 26 heavy (non-hydrogen) atoms. The van der Waals surface area contributed by atoms with Crippen molar-refractivity contribution in [1.82, 2.24) is 10.2 Å². The molecule has 0 aliphatic rings. The minimum absolute atomic E-state index is 0.0697. The number of methoxy groups -OCH3 is 2. The highest BCUT2D eigenvalue weighted by Gasteiger charge is 2.27. The average molecular weight is 366 g/mol. The highest BCUT2D eigenvalue weighted by atomic mass is 16.5. The third-order valence-electron chi connectivity index (χ3n) is 3.87. The summed E-state index contributed by atoms with van der Waals surface area (Å²) in [4.78, 5) is 37.2. The average Bonchev–Trinajstić information content (AvgIpc) is 2.62. The normalized spacial score (nSPS) is 11.6. The third-order valence-corrected chi connectivity index (χ3v) is 3.87. The molecule has 0 radical (unpaired) electrons. The van der Waals surface area contributed by atoms with Gasteiger partial charge in [0.15, 0.2) is 0 Å². The molecule has 8 nitrogen and oxygen atoms in total. The van der Waals surface area contributed by atoms with E-state index in [1.165, 1.54) is 26.2 Å². The van der Waals surface area contributed by atoms with E-state index in [9.17, 15) is 14.4 Å². The Balaban J connectivity index is 2.94. The number of rotatable bonds is 9. The maximum absolute atomic E-state index is 12.6. The zero-order valence-electron chi connectivity index (χ0n) is 15.7. The van der Waals surface area contributed by atoms with Crippen LogP contribution in [0.4, 0.5) is 0 Å². The van der Waals surface area contributed by atoms with E-state index in [1.54, 1.807) is 32.0 Å². The number of nitrogens with one attached hydrogen (secondary N) is 1. The van der Waals surface area contributed by atoms with Gasteiger partial charge in [0.25, 0.3) is 5.91 Å². The van der Waals surface area contributed by atoms with Crippen molar-refractivity contribution in [1.29, 1.82) is 0 Å². The van der Waals surface area contributed by atoms with E-state index in [-0.39, 0.29) is 24.8 Å². The van der Waals surface area contributed by atoms with E-state index >= 15 is 0 Å². The Bertz CT molecular complexity index is 637. The van der Waals surface area contributed by atoms with Crippen molar-refractivity contribution in [2.75, 3.05) is 27.8 Å². The van der Waals surface area contributed by atoms with Crippen molar-refractivity contribution in [2.24, 2.45) is 5.92 Å². The van der Waals surface area contributed by atoms with Gasteiger partial charge in [0.05, 0.1) is 20.6 Å². The summed E-state index contributed by atoms with van der Waals surface area (Å²) in [5.74, 6) is -1.03. The van der Waals surface area contributed by atoms with Gasteiger partial charge in [-0.3, -0.25) is 14.4 Å². The zero-order chi connectivity index (χ0) is 19.9. The van der Waals surface area contributed by atoms with Crippen LogP contribution in [0.15, 0.2) is 18.2 Å². The highest BCUT2D eigenvalue weighted by molar-refractivity contribution is 5.98. The molecule has 0 spiro atoms. The topological polar surface area (TPSA) is 105 Å². The molecule has 1 aromatic carbocycles. The second-order valence-corrected chi connectivity index (χ2v) is 6.20. The number of likely N-dealkylation sites (N-methyl/N-ethyl adjacent to an activating group) is 1. The number of carbonyl (C=O) groups is 3. The molecular weight excluding hydrogens is 340 g/mol. The van der Waals surface area contributed by atoms with Crippen molar-refractivity contribution >= 4 is 17.8 Å². The third kappa shape index (κ3) is 5.94. The molecule has 1 atom stereocenters. The van der Waals surface area contributed by atoms with Crippen molar-refractivity contribution in [3.8, 4) is 11.5 Å². The number of carbonyl (C=O) groups excluding carboxylic acids is 2. The van der Waals surface area contributed by atoms with Gasteiger partial charge in [0, 0.05) is 25.2 Å². The van der Waals surface area contributed by atoms with Gasteiger partial charge in [-0.15, -0.1) is 0 Å². The fourth-order valence-electron chi connectivity index (χ4n) is 2.29. The predicted octanol–water partition coefficient (Wildman–Crippen LogP) is 1.39. The standard InChI is InChI=1S/C18H26N2O6/c1-11(2)16(18(24)20(3)7-6-15(21)22)19-17(23)12-8-13(25-4)10-14(9-12)26-5/h8-11,16H,6-7H2,1-5H3,(H,19,23)(H,21,22). The number of amides is 2. The Morgan fingerprint density at radius 3 is 2.08 bits per heavy atom. The Morgan fingerprint density at radius 2 is 1.65 bits per heavy atom. The summed E-state index contributed by atoms with van der Waals surface area (Å²) < 4.78 is 10.3. The lowest BCUT2D eigenvalue weighted by Gasteiger charge is -2.27. The van der Waals surface area contributed by atoms with E-state index in [4.69, 9.17) is 14.6 Å².